The Morgan fingerprint density at radius 1 is 0.920 bits per heavy atom. The zero-order chi connectivity index (χ0) is 18.4. The van der Waals surface area contributed by atoms with Crippen LogP contribution in [-0.4, -0.2) is 50.1 Å². The SMILES string of the molecule is COC(=O)[C@H](C[C@@H](C(=O)OC)[C@H]1CCCC(=O)N1)[C@@H]1CCCC(=O)N1. The van der Waals surface area contributed by atoms with Gasteiger partial charge in [-0.2, -0.15) is 0 Å². The van der Waals surface area contributed by atoms with Crippen molar-refractivity contribution in [3.63, 3.8) is 0 Å². The van der Waals surface area contributed by atoms with Gasteiger partial charge < -0.3 is 20.1 Å². The highest BCUT2D eigenvalue weighted by Crippen LogP contribution is 2.28. The number of hydrogen-bond acceptors (Lipinski definition) is 6. The van der Waals surface area contributed by atoms with Gasteiger partial charge in [0.25, 0.3) is 0 Å². The smallest absolute Gasteiger partial charge is 0.310 e. The Bertz CT molecular complexity index is 489. The number of carbonyl (C=O) groups excluding carboxylic acids is 4. The summed E-state index contributed by atoms with van der Waals surface area (Å²) in [5.74, 6) is -2.46. The maximum atomic E-state index is 12.3. The molecule has 0 radical (unpaired) electrons. The molecule has 8 nitrogen and oxygen atoms in total. The Labute approximate surface area is 147 Å². The molecule has 2 fully saturated rings. The number of nitrogens with one attached hydrogen (secondary N) is 2. The molecule has 140 valence electrons. The van der Waals surface area contributed by atoms with Crippen LogP contribution in [0.1, 0.15) is 44.9 Å². The van der Waals surface area contributed by atoms with Gasteiger partial charge in [0.05, 0.1) is 26.1 Å². The van der Waals surface area contributed by atoms with Gasteiger partial charge in [-0.1, -0.05) is 0 Å². The van der Waals surface area contributed by atoms with Gasteiger partial charge in [0, 0.05) is 24.9 Å². The molecule has 0 unspecified atom stereocenters. The van der Waals surface area contributed by atoms with Crippen LogP contribution in [0.5, 0.6) is 0 Å². The summed E-state index contributed by atoms with van der Waals surface area (Å²) < 4.78 is 9.79. The van der Waals surface area contributed by atoms with E-state index in [9.17, 15) is 19.2 Å². The number of rotatable bonds is 6. The monoisotopic (exact) mass is 354 g/mol. The third-order valence-electron chi connectivity index (χ3n) is 5.02. The maximum Gasteiger partial charge on any atom is 0.310 e. The summed E-state index contributed by atoms with van der Waals surface area (Å²) in [5.41, 5.74) is 0. The predicted molar refractivity (Wildman–Crippen MR) is 87.2 cm³/mol. The van der Waals surface area contributed by atoms with Crippen LogP contribution in [0.4, 0.5) is 0 Å². The first-order chi connectivity index (χ1) is 12.0. The van der Waals surface area contributed by atoms with Crippen LogP contribution < -0.4 is 10.6 Å². The first-order valence-corrected chi connectivity index (χ1v) is 8.70. The molecule has 4 atom stereocenters. The highest BCUT2D eigenvalue weighted by Gasteiger charge is 2.40. The van der Waals surface area contributed by atoms with Gasteiger partial charge >= 0.3 is 11.9 Å². The van der Waals surface area contributed by atoms with Crippen molar-refractivity contribution in [2.24, 2.45) is 11.8 Å². The molecule has 0 saturated carbocycles. The molecule has 2 aliphatic heterocycles. The largest absolute Gasteiger partial charge is 0.469 e. The van der Waals surface area contributed by atoms with Gasteiger partial charge in [-0.3, -0.25) is 19.2 Å². The molecule has 8 heteroatoms. The molecule has 2 rings (SSSR count). The number of esters is 2. The number of ether oxygens (including phenoxy) is 2. The molecule has 2 aliphatic rings. The Hall–Kier alpha value is -2.12. The molecule has 2 heterocycles. The van der Waals surface area contributed by atoms with E-state index in [-0.39, 0.29) is 30.3 Å². The van der Waals surface area contributed by atoms with Gasteiger partial charge in [0.2, 0.25) is 11.8 Å². The summed E-state index contributed by atoms with van der Waals surface area (Å²) in [6, 6.07) is -0.750. The molecule has 25 heavy (non-hydrogen) atoms. The van der Waals surface area contributed by atoms with Crippen molar-refractivity contribution in [2.75, 3.05) is 14.2 Å². The molecule has 0 aliphatic carbocycles. The van der Waals surface area contributed by atoms with E-state index in [4.69, 9.17) is 9.47 Å². The molecule has 0 bridgehead atoms. The van der Waals surface area contributed by atoms with Crippen LogP contribution in [0.25, 0.3) is 0 Å². The minimum absolute atomic E-state index is 0.106. The van der Waals surface area contributed by atoms with Crippen molar-refractivity contribution in [2.45, 2.75) is 57.0 Å². The summed E-state index contributed by atoms with van der Waals surface area (Å²) >= 11 is 0. The Balaban J connectivity index is 2.18. The normalized spacial score (nSPS) is 26.0. The zero-order valence-corrected chi connectivity index (χ0v) is 14.7. The lowest BCUT2D eigenvalue weighted by Gasteiger charge is -2.34. The number of methoxy groups -OCH3 is 2. The van der Waals surface area contributed by atoms with Crippen molar-refractivity contribution in [3.8, 4) is 0 Å². The number of hydrogen-bond donors (Lipinski definition) is 2. The Morgan fingerprint density at radius 3 is 1.64 bits per heavy atom. The molecular weight excluding hydrogens is 328 g/mol. The lowest BCUT2D eigenvalue weighted by atomic mass is 9.80. The molecule has 0 spiro atoms. The predicted octanol–water partition coefficient (Wildman–Crippen LogP) is 0.292. The van der Waals surface area contributed by atoms with E-state index in [1.54, 1.807) is 0 Å². The van der Waals surface area contributed by atoms with E-state index >= 15 is 0 Å². The van der Waals surface area contributed by atoms with Crippen LogP contribution >= 0.6 is 0 Å². The fourth-order valence-electron chi connectivity index (χ4n) is 3.70. The second-order valence-electron chi connectivity index (χ2n) is 6.63. The van der Waals surface area contributed by atoms with Crippen LogP contribution in [0.3, 0.4) is 0 Å². The first-order valence-electron chi connectivity index (χ1n) is 8.70. The van der Waals surface area contributed by atoms with Crippen LogP contribution in [0.15, 0.2) is 0 Å². The van der Waals surface area contributed by atoms with Crippen molar-refractivity contribution < 1.29 is 28.7 Å². The van der Waals surface area contributed by atoms with Gasteiger partial charge in [0.15, 0.2) is 0 Å². The minimum Gasteiger partial charge on any atom is -0.469 e. The van der Waals surface area contributed by atoms with E-state index in [0.29, 0.717) is 38.5 Å². The third kappa shape index (κ3) is 4.93. The number of carbonyl (C=O) groups is 4. The van der Waals surface area contributed by atoms with E-state index < -0.39 is 23.8 Å². The second-order valence-corrected chi connectivity index (χ2v) is 6.63. The standard InChI is InChI=1S/C17H26N2O6/c1-24-16(22)10(12-5-3-7-14(20)18-12)9-11(17(23)25-2)13-6-4-8-15(21)19-13/h10-13H,3-9H2,1-2H3,(H,18,20)(H,19,21)/t10-,11-,12-,13+/m1/s1. The average molecular weight is 354 g/mol. The van der Waals surface area contributed by atoms with Crippen LogP contribution in [0.2, 0.25) is 0 Å². The molecule has 2 N–H and O–H groups in total. The minimum atomic E-state index is -0.655. The van der Waals surface area contributed by atoms with Crippen molar-refractivity contribution in [3.05, 3.63) is 0 Å². The fourth-order valence-corrected chi connectivity index (χ4v) is 3.70. The van der Waals surface area contributed by atoms with E-state index in [2.05, 4.69) is 10.6 Å². The molecule has 2 saturated heterocycles. The zero-order valence-electron chi connectivity index (χ0n) is 14.7. The van der Waals surface area contributed by atoms with Crippen LogP contribution in [-0.2, 0) is 28.7 Å². The first kappa shape index (κ1) is 19.2. The summed E-state index contributed by atoms with van der Waals surface area (Å²) in [6.45, 7) is 0. The lowest BCUT2D eigenvalue weighted by Crippen LogP contribution is -2.51. The van der Waals surface area contributed by atoms with Gasteiger partial charge in [-0.25, -0.2) is 0 Å². The summed E-state index contributed by atoms with van der Waals surface area (Å²) in [6.07, 6.45) is 3.70. The fraction of sp³-hybridized carbons (Fsp3) is 0.765. The Morgan fingerprint density at radius 2 is 1.32 bits per heavy atom. The molecule has 0 aromatic heterocycles. The van der Waals surface area contributed by atoms with Crippen molar-refractivity contribution in [1.29, 1.82) is 0 Å². The molecule has 0 aromatic carbocycles. The van der Waals surface area contributed by atoms with E-state index in [1.807, 2.05) is 0 Å². The molecular formula is C17H26N2O6. The Kier molecular flexibility index (Phi) is 6.78. The average Bonchev–Trinajstić information content (AvgIpc) is 2.61. The van der Waals surface area contributed by atoms with Gasteiger partial charge in [-0.15, -0.1) is 0 Å². The summed E-state index contributed by atoms with van der Waals surface area (Å²) in [5, 5.41) is 5.65. The number of amides is 2. The van der Waals surface area contributed by atoms with E-state index in [0.717, 1.165) is 0 Å². The summed E-state index contributed by atoms with van der Waals surface area (Å²) in [4.78, 5) is 48.0. The topological polar surface area (TPSA) is 111 Å². The summed E-state index contributed by atoms with van der Waals surface area (Å²) in [7, 11) is 2.57. The second kappa shape index (κ2) is 8.82. The highest BCUT2D eigenvalue weighted by molar-refractivity contribution is 5.81. The lowest BCUT2D eigenvalue weighted by molar-refractivity contribution is -0.152. The maximum absolute atomic E-state index is 12.3. The van der Waals surface area contributed by atoms with Gasteiger partial charge in [0.1, 0.15) is 0 Å². The number of piperidine rings is 2. The van der Waals surface area contributed by atoms with Crippen LogP contribution in [0, 0.1) is 11.8 Å². The third-order valence-corrected chi connectivity index (χ3v) is 5.02. The van der Waals surface area contributed by atoms with Crippen molar-refractivity contribution >= 4 is 23.8 Å². The highest BCUT2D eigenvalue weighted by atomic mass is 16.5. The molecule has 0 aromatic rings. The quantitative estimate of drug-likeness (QED) is 0.664. The molecule has 2 amide bonds. The van der Waals surface area contributed by atoms with E-state index in [1.165, 1.54) is 14.2 Å². The van der Waals surface area contributed by atoms with Crippen molar-refractivity contribution in [1.82, 2.24) is 10.6 Å². The van der Waals surface area contributed by atoms with Gasteiger partial charge in [-0.05, 0) is 32.1 Å².